The lowest BCUT2D eigenvalue weighted by molar-refractivity contribution is -0.186. The number of para-hydroxylation sites is 2. The van der Waals surface area contributed by atoms with E-state index in [9.17, 15) is 31.2 Å². The average Bonchev–Trinajstić information content (AvgIpc) is 2.87. The number of alkyl halides is 3. The highest BCUT2D eigenvalue weighted by Gasteiger charge is 2.43. The Bertz CT molecular complexity index is 1270. The molecule has 1 fully saturated rings. The van der Waals surface area contributed by atoms with Crippen molar-refractivity contribution in [1.29, 1.82) is 0 Å². The van der Waals surface area contributed by atoms with E-state index in [4.69, 9.17) is 4.74 Å². The fraction of sp³-hybridized carbons (Fsp3) is 0.417. The first kappa shape index (κ1) is 26.0. The lowest BCUT2D eigenvalue weighted by Gasteiger charge is -2.32. The number of fused-ring (bicyclic) bond motifs is 1. The van der Waals surface area contributed by atoms with Gasteiger partial charge in [0.2, 0.25) is 10.0 Å². The molecule has 2 heterocycles. The lowest BCUT2D eigenvalue weighted by atomic mass is 9.93. The number of carbonyl (C=O) groups is 2. The van der Waals surface area contributed by atoms with Crippen molar-refractivity contribution >= 4 is 27.5 Å². The summed E-state index contributed by atoms with van der Waals surface area (Å²) in [4.78, 5) is 25.7. The Labute approximate surface area is 207 Å². The van der Waals surface area contributed by atoms with E-state index >= 15 is 0 Å². The summed E-state index contributed by atoms with van der Waals surface area (Å²) in [6.07, 6.45) is -2.80. The second kappa shape index (κ2) is 10.1. The van der Waals surface area contributed by atoms with Crippen LogP contribution in [0.15, 0.2) is 41.3 Å². The molecule has 36 heavy (non-hydrogen) atoms. The van der Waals surface area contributed by atoms with E-state index < -0.39 is 34.6 Å². The number of hydrogen-bond acceptors (Lipinski definition) is 5. The van der Waals surface area contributed by atoms with E-state index in [1.807, 2.05) is 0 Å². The first-order valence-electron chi connectivity index (χ1n) is 11.5. The molecule has 0 atom stereocenters. The summed E-state index contributed by atoms with van der Waals surface area (Å²) < 4.78 is 72.6. The number of amides is 2. The Balaban J connectivity index is 1.77. The van der Waals surface area contributed by atoms with Crippen molar-refractivity contribution in [2.45, 2.75) is 43.3 Å². The van der Waals surface area contributed by atoms with Crippen LogP contribution in [0.5, 0.6) is 5.75 Å². The van der Waals surface area contributed by atoms with Crippen molar-refractivity contribution < 1.29 is 35.9 Å². The average molecular weight is 526 g/mol. The van der Waals surface area contributed by atoms with Crippen molar-refractivity contribution in [1.82, 2.24) is 9.21 Å². The lowest BCUT2D eigenvalue weighted by Crippen LogP contribution is -2.44. The SMILES string of the molecule is COc1ccccc1NC(=O)c1cc(S(=O)(=O)N2CCCCC2)cc2c1CCN(C(=O)C(F)(F)F)C2. The smallest absolute Gasteiger partial charge is 0.471 e. The van der Waals surface area contributed by atoms with Crippen molar-refractivity contribution in [2.75, 3.05) is 32.1 Å². The number of methoxy groups -OCH3 is 1. The third kappa shape index (κ3) is 5.19. The molecular formula is C24H26F3N3O5S. The summed E-state index contributed by atoms with van der Waals surface area (Å²) in [5.41, 5.74) is 0.995. The number of benzene rings is 2. The summed E-state index contributed by atoms with van der Waals surface area (Å²) in [6, 6.07) is 9.22. The van der Waals surface area contributed by atoms with Gasteiger partial charge in [0.25, 0.3) is 5.91 Å². The van der Waals surface area contributed by atoms with Gasteiger partial charge in [-0.25, -0.2) is 8.42 Å². The molecule has 0 spiro atoms. The Morgan fingerprint density at radius 1 is 1.03 bits per heavy atom. The van der Waals surface area contributed by atoms with Gasteiger partial charge in [0.1, 0.15) is 5.75 Å². The van der Waals surface area contributed by atoms with Crippen LogP contribution in [0.25, 0.3) is 0 Å². The zero-order chi connectivity index (χ0) is 26.1. The van der Waals surface area contributed by atoms with E-state index in [0.29, 0.717) is 47.8 Å². The van der Waals surface area contributed by atoms with Crippen molar-refractivity contribution in [3.05, 3.63) is 53.1 Å². The molecule has 2 aliphatic rings. The number of carbonyl (C=O) groups excluding carboxylic acids is 2. The number of ether oxygens (including phenoxy) is 1. The van der Waals surface area contributed by atoms with E-state index in [2.05, 4.69) is 5.32 Å². The molecule has 0 radical (unpaired) electrons. The van der Waals surface area contributed by atoms with E-state index in [-0.39, 0.29) is 29.0 Å². The molecule has 1 saturated heterocycles. The number of nitrogens with zero attached hydrogens (tertiary/aromatic N) is 2. The molecule has 1 N–H and O–H groups in total. The number of hydrogen-bond donors (Lipinski definition) is 1. The molecule has 2 aliphatic heterocycles. The fourth-order valence-corrected chi connectivity index (χ4v) is 6.16. The topological polar surface area (TPSA) is 96.0 Å². The van der Waals surface area contributed by atoms with E-state index in [1.165, 1.54) is 23.5 Å². The van der Waals surface area contributed by atoms with Gasteiger partial charge in [-0.3, -0.25) is 9.59 Å². The third-order valence-electron chi connectivity index (χ3n) is 6.39. The van der Waals surface area contributed by atoms with Crippen molar-refractivity contribution in [3.63, 3.8) is 0 Å². The van der Waals surface area contributed by atoms with Crippen LogP contribution in [0.2, 0.25) is 0 Å². The molecule has 2 aromatic rings. The highest BCUT2D eigenvalue weighted by atomic mass is 32.2. The minimum absolute atomic E-state index is 0.0319. The minimum atomic E-state index is -5.06. The highest BCUT2D eigenvalue weighted by molar-refractivity contribution is 7.89. The zero-order valence-electron chi connectivity index (χ0n) is 19.6. The maximum Gasteiger partial charge on any atom is 0.471 e. The zero-order valence-corrected chi connectivity index (χ0v) is 20.4. The molecule has 12 heteroatoms. The molecule has 0 saturated carbocycles. The monoisotopic (exact) mass is 525 g/mol. The molecule has 8 nitrogen and oxygen atoms in total. The fourth-order valence-electron chi connectivity index (χ4n) is 4.57. The molecule has 4 rings (SSSR count). The van der Waals surface area contributed by atoms with Crippen molar-refractivity contribution in [2.24, 2.45) is 0 Å². The Kier molecular flexibility index (Phi) is 7.28. The highest BCUT2D eigenvalue weighted by Crippen LogP contribution is 2.32. The number of anilines is 1. The summed E-state index contributed by atoms with van der Waals surface area (Å²) in [7, 11) is -2.56. The van der Waals surface area contributed by atoms with Crippen LogP contribution >= 0.6 is 0 Å². The van der Waals surface area contributed by atoms with E-state index in [0.717, 1.165) is 6.42 Å². The van der Waals surface area contributed by atoms with Crippen LogP contribution in [0.1, 0.15) is 40.7 Å². The molecule has 194 valence electrons. The van der Waals surface area contributed by atoms with Gasteiger partial charge >= 0.3 is 12.1 Å². The van der Waals surface area contributed by atoms with Crippen LogP contribution < -0.4 is 10.1 Å². The normalized spacial score (nSPS) is 16.8. The number of piperidine rings is 1. The number of halogens is 3. The minimum Gasteiger partial charge on any atom is -0.495 e. The molecule has 0 unspecified atom stereocenters. The standard InChI is InChI=1S/C24H26F3N3O5S/c1-35-21-8-4-3-7-20(21)28-22(31)19-14-17(36(33,34)30-10-5-2-6-11-30)13-16-15-29(12-9-18(16)19)23(32)24(25,26)27/h3-4,7-8,13-14H,2,5-6,9-12,15H2,1H3,(H,28,31). The molecule has 0 bridgehead atoms. The first-order valence-corrected chi connectivity index (χ1v) is 12.9. The summed E-state index contributed by atoms with van der Waals surface area (Å²) in [5, 5.41) is 2.71. The molecular weight excluding hydrogens is 499 g/mol. The Morgan fingerprint density at radius 2 is 1.72 bits per heavy atom. The van der Waals surface area contributed by atoms with Gasteiger partial charge < -0.3 is 15.0 Å². The predicted octanol–water partition coefficient (Wildman–Crippen LogP) is 3.57. The van der Waals surface area contributed by atoms with Crippen LogP contribution in [-0.4, -0.2) is 62.4 Å². The van der Waals surface area contributed by atoms with Gasteiger partial charge in [0, 0.05) is 31.7 Å². The van der Waals surface area contributed by atoms with Crippen LogP contribution in [0.3, 0.4) is 0 Å². The quantitative estimate of drug-likeness (QED) is 0.644. The maximum absolute atomic E-state index is 13.4. The Hall–Kier alpha value is -3.12. The molecule has 0 aromatic heterocycles. The molecule has 0 aliphatic carbocycles. The van der Waals surface area contributed by atoms with Gasteiger partial charge in [-0.1, -0.05) is 18.6 Å². The van der Waals surface area contributed by atoms with Gasteiger partial charge in [-0.15, -0.1) is 0 Å². The summed E-state index contributed by atoms with van der Waals surface area (Å²) in [6.45, 7) is -0.0633. The predicted molar refractivity (Wildman–Crippen MR) is 125 cm³/mol. The van der Waals surface area contributed by atoms with Gasteiger partial charge in [-0.2, -0.15) is 17.5 Å². The van der Waals surface area contributed by atoms with Crippen LogP contribution in [0, 0.1) is 0 Å². The van der Waals surface area contributed by atoms with Gasteiger partial charge in [0.15, 0.2) is 0 Å². The summed E-state index contributed by atoms with van der Waals surface area (Å²) >= 11 is 0. The maximum atomic E-state index is 13.4. The first-order chi connectivity index (χ1) is 17.0. The molecule has 2 amide bonds. The van der Waals surface area contributed by atoms with E-state index in [1.54, 1.807) is 24.3 Å². The number of sulfonamides is 1. The number of nitrogens with one attached hydrogen (secondary N) is 1. The number of rotatable bonds is 5. The second-order valence-corrected chi connectivity index (χ2v) is 10.6. The second-order valence-electron chi connectivity index (χ2n) is 8.70. The third-order valence-corrected chi connectivity index (χ3v) is 8.27. The summed E-state index contributed by atoms with van der Waals surface area (Å²) in [5.74, 6) is -2.24. The van der Waals surface area contributed by atoms with Gasteiger partial charge in [-0.05, 0) is 54.7 Å². The van der Waals surface area contributed by atoms with Crippen molar-refractivity contribution in [3.8, 4) is 5.75 Å². The van der Waals surface area contributed by atoms with Gasteiger partial charge in [0.05, 0.1) is 17.7 Å². The Morgan fingerprint density at radius 3 is 2.39 bits per heavy atom. The van der Waals surface area contributed by atoms with Crippen LogP contribution in [-0.2, 0) is 27.8 Å². The molecule has 2 aromatic carbocycles. The largest absolute Gasteiger partial charge is 0.495 e. The van der Waals surface area contributed by atoms with Crippen LogP contribution in [0.4, 0.5) is 18.9 Å².